The number of aliphatic imine (C=N–C) groups is 1. The van der Waals surface area contributed by atoms with Crippen molar-refractivity contribution < 1.29 is 24.3 Å². The molecule has 0 aromatic carbocycles. The molecule has 0 spiro atoms. The molecule has 1 aliphatic carbocycles. The first kappa shape index (κ1) is 34.5. The molecule has 2 unspecified atom stereocenters. The van der Waals surface area contributed by atoms with E-state index in [2.05, 4.69) is 15.6 Å². The van der Waals surface area contributed by atoms with Crippen LogP contribution in [0.2, 0.25) is 0 Å². The minimum absolute atomic E-state index is 0.0748. The maximum absolute atomic E-state index is 13.4. The number of Topliss-reactive ketones (excluding diaryl/α,β-unsaturated/α-hetero) is 2. The van der Waals surface area contributed by atoms with Gasteiger partial charge in [-0.1, -0.05) is 33.1 Å². The van der Waals surface area contributed by atoms with Gasteiger partial charge in [0.05, 0.1) is 24.1 Å². The number of hydrogen-bond donors (Lipinski definition) is 7. The molecule has 0 aliphatic heterocycles. The van der Waals surface area contributed by atoms with Gasteiger partial charge in [0.2, 0.25) is 11.8 Å². The minimum Gasteiger partial charge on any atom is -0.393 e. The van der Waals surface area contributed by atoms with Gasteiger partial charge in [-0.25, -0.2) is 0 Å². The molecule has 0 radical (unpaired) electrons. The topological polar surface area (TPSA) is 229 Å². The van der Waals surface area contributed by atoms with Gasteiger partial charge in [-0.2, -0.15) is 0 Å². The van der Waals surface area contributed by atoms with Gasteiger partial charge in [-0.3, -0.25) is 24.2 Å². The second-order valence-electron chi connectivity index (χ2n) is 11.0. The van der Waals surface area contributed by atoms with E-state index in [0.717, 1.165) is 25.7 Å². The molecular weight excluding hydrogens is 502 g/mol. The molecule has 1 rings (SSSR count). The summed E-state index contributed by atoms with van der Waals surface area (Å²) in [5.41, 5.74) is 22.7. The summed E-state index contributed by atoms with van der Waals surface area (Å²) in [7, 11) is 0. The first-order valence-corrected chi connectivity index (χ1v) is 14.2. The van der Waals surface area contributed by atoms with Crippen molar-refractivity contribution in [1.29, 1.82) is 0 Å². The predicted molar refractivity (Wildman–Crippen MR) is 151 cm³/mol. The Balaban J connectivity index is 2.95. The van der Waals surface area contributed by atoms with Crippen molar-refractivity contribution in [2.75, 3.05) is 13.1 Å². The van der Waals surface area contributed by atoms with Gasteiger partial charge in [0, 0.05) is 31.3 Å². The van der Waals surface area contributed by atoms with Crippen LogP contribution in [0.1, 0.15) is 85.0 Å². The van der Waals surface area contributed by atoms with Crippen LogP contribution in [0.15, 0.2) is 4.99 Å². The fourth-order valence-corrected chi connectivity index (χ4v) is 4.99. The van der Waals surface area contributed by atoms with Crippen LogP contribution in [-0.4, -0.2) is 71.8 Å². The van der Waals surface area contributed by atoms with Gasteiger partial charge in [-0.15, -0.1) is 0 Å². The van der Waals surface area contributed by atoms with Crippen LogP contribution in [0.25, 0.3) is 0 Å². The van der Waals surface area contributed by atoms with E-state index in [1.54, 1.807) is 13.8 Å². The Labute approximate surface area is 232 Å². The van der Waals surface area contributed by atoms with Gasteiger partial charge in [0.25, 0.3) is 0 Å². The van der Waals surface area contributed by atoms with E-state index in [-0.39, 0.29) is 74.3 Å². The number of nitrogens with one attached hydrogen (secondary N) is 2. The van der Waals surface area contributed by atoms with Gasteiger partial charge in [-0.05, 0) is 51.5 Å². The average Bonchev–Trinajstić information content (AvgIpc) is 2.88. The summed E-state index contributed by atoms with van der Waals surface area (Å²) in [6.45, 7) is 5.32. The fraction of sp³-hybridized carbons (Fsp3) is 0.815. The molecule has 12 heteroatoms. The Hall–Kier alpha value is -2.57. The van der Waals surface area contributed by atoms with Crippen molar-refractivity contribution in [2.45, 2.75) is 109 Å². The SMILES string of the molecule is CC(C)C(=O)[C@H](CCN)NC(=O)[C@@H](CC(=O)[C@H](CCCN=C(N)N)NC(=O)CC(N)C1CCCCC1)C(C)O. The molecule has 0 heterocycles. The number of guanidine groups is 1. The molecule has 224 valence electrons. The van der Waals surface area contributed by atoms with Crippen molar-refractivity contribution in [1.82, 2.24) is 10.6 Å². The van der Waals surface area contributed by atoms with Crippen LogP contribution in [0, 0.1) is 17.8 Å². The Kier molecular flexibility index (Phi) is 15.8. The summed E-state index contributed by atoms with van der Waals surface area (Å²) in [6, 6.07) is -2.01. The number of carbonyl (C=O) groups excluding carboxylic acids is 4. The zero-order valence-electron chi connectivity index (χ0n) is 23.9. The number of amides is 2. The highest BCUT2D eigenvalue weighted by atomic mass is 16.3. The summed E-state index contributed by atoms with van der Waals surface area (Å²) < 4.78 is 0. The van der Waals surface area contributed by atoms with Crippen LogP contribution in [-0.2, 0) is 19.2 Å². The van der Waals surface area contributed by atoms with Crippen molar-refractivity contribution in [3.8, 4) is 0 Å². The lowest BCUT2D eigenvalue weighted by atomic mass is 9.83. The number of nitrogens with zero attached hydrogens (tertiary/aromatic N) is 1. The van der Waals surface area contributed by atoms with Crippen LogP contribution in [0.5, 0.6) is 0 Å². The van der Waals surface area contributed by atoms with Crippen molar-refractivity contribution in [3.05, 3.63) is 0 Å². The Morgan fingerprint density at radius 3 is 2.13 bits per heavy atom. The summed E-state index contributed by atoms with van der Waals surface area (Å²) in [5.74, 6) is -2.77. The molecule has 0 aromatic rings. The molecule has 1 fully saturated rings. The van der Waals surface area contributed by atoms with E-state index in [9.17, 15) is 24.3 Å². The van der Waals surface area contributed by atoms with Crippen molar-refractivity contribution >= 4 is 29.3 Å². The molecule has 39 heavy (non-hydrogen) atoms. The van der Waals surface area contributed by atoms with E-state index in [1.165, 1.54) is 13.3 Å². The summed E-state index contributed by atoms with van der Waals surface area (Å²) >= 11 is 0. The molecule has 0 aromatic heterocycles. The molecule has 11 N–H and O–H groups in total. The number of aliphatic hydroxyl groups excluding tert-OH is 1. The second kappa shape index (κ2) is 17.9. The molecule has 12 nitrogen and oxygen atoms in total. The quantitative estimate of drug-likeness (QED) is 0.0678. The fourth-order valence-electron chi connectivity index (χ4n) is 4.99. The van der Waals surface area contributed by atoms with Gasteiger partial charge in [0.1, 0.15) is 0 Å². The van der Waals surface area contributed by atoms with E-state index in [4.69, 9.17) is 22.9 Å². The molecule has 0 saturated heterocycles. The van der Waals surface area contributed by atoms with Crippen LogP contribution < -0.4 is 33.6 Å². The highest BCUT2D eigenvalue weighted by Gasteiger charge is 2.33. The monoisotopic (exact) mass is 553 g/mol. The lowest BCUT2D eigenvalue weighted by Gasteiger charge is -2.28. The summed E-state index contributed by atoms with van der Waals surface area (Å²) in [4.78, 5) is 55.7. The number of aliphatic hydroxyl groups is 1. The lowest BCUT2D eigenvalue weighted by Crippen LogP contribution is -2.50. The van der Waals surface area contributed by atoms with Gasteiger partial charge < -0.3 is 38.7 Å². The van der Waals surface area contributed by atoms with E-state index in [1.807, 2.05) is 0 Å². The smallest absolute Gasteiger partial charge is 0.226 e. The molecule has 2 amide bonds. The Morgan fingerprint density at radius 2 is 1.59 bits per heavy atom. The zero-order chi connectivity index (χ0) is 29.5. The maximum Gasteiger partial charge on any atom is 0.226 e. The largest absolute Gasteiger partial charge is 0.393 e. The molecule has 5 atom stereocenters. The summed E-state index contributed by atoms with van der Waals surface area (Å²) in [5, 5.41) is 15.8. The highest BCUT2D eigenvalue weighted by Crippen LogP contribution is 2.26. The number of hydrogen-bond acceptors (Lipinski definition) is 8. The Bertz CT molecular complexity index is 823. The molecule has 0 bridgehead atoms. The van der Waals surface area contributed by atoms with Crippen LogP contribution in [0.3, 0.4) is 0 Å². The van der Waals surface area contributed by atoms with Crippen molar-refractivity contribution in [3.63, 3.8) is 0 Å². The molecule has 1 aliphatic rings. The highest BCUT2D eigenvalue weighted by molar-refractivity contribution is 5.95. The zero-order valence-corrected chi connectivity index (χ0v) is 23.9. The first-order valence-electron chi connectivity index (χ1n) is 14.2. The number of rotatable bonds is 18. The molecule has 1 saturated carbocycles. The average molecular weight is 554 g/mol. The number of carbonyl (C=O) groups is 4. The number of ketones is 2. The normalized spacial score (nSPS) is 17.9. The third-order valence-corrected chi connectivity index (χ3v) is 7.37. The van der Waals surface area contributed by atoms with Crippen molar-refractivity contribution in [2.24, 2.45) is 45.7 Å². The van der Waals surface area contributed by atoms with Gasteiger partial charge in [0.15, 0.2) is 17.5 Å². The lowest BCUT2D eigenvalue weighted by molar-refractivity contribution is -0.137. The predicted octanol–water partition coefficient (Wildman–Crippen LogP) is -0.163. The van der Waals surface area contributed by atoms with E-state index >= 15 is 0 Å². The number of nitrogens with two attached hydrogens (primary N) is 4. The first-order chi connectivity index (χ1) is 18.4. The standard InChI is InChI=1S/C27H51N7O5/c1-16(2)25(38)22(11-12-28)34-26(39)19(17(3)35)14-23(36)21(10-7-13-32-27(30)31)33-24(37)15-20(29)18-8-5-4-6-9-18/h16-22,35H,4-15,28-29H2,1-3H3,(H,33,37)(H,34,39)(H4,30,31,32)/t17?,19-,20?,21-,22-/m0/s1. The Morgan fingerprint density at radius 1 is 0.949 bits per heavy atom. The van der Waals surface area contributed by atoms with E-state index in [0.29, 0.717) is 6.42 Å². The van der Waals surface area contributed by atoms with Gasteiger partial charge >= 0.3 is 0 Å². The van der Waals surface area contributed by atoms with Crippen LogP contribution >= 0.6 is 0 Å². The third kappa shape index (κ3) is 12.9. The van der Waals surface area contributed by atoms with Crippen LogP contribution in [0.4, 0.5) is 0 Å². The van der Waals surface area contributed by atoms with E-state index < -0.39 is 35.8 Å². The second-order valence-corrected chi connectivity index (χ2v) is 11.0. The minimum atomic E-state index is -1.17. The molecular formula is C27H51N7O5. The summed E-state index contributed by atoms with van der Waals surface area (Å²) in [6.07, 6.45) is 4.87. The maximum atomic E-state index is 13.4. The third-order valence-electron chi connectivity index (χ3n) is 7.37.